The molecule has 2 saturated heterocycles. The first-order chi connectivity index (χ1) is 19.4. The van der Waals surface area contributed by atoms with E-state index in [9.17, 15) is 31.1 Å². The van der Waals surface area contributed by atoms with Crippen LogP contribution < -0.4 is 15.1 Å². The Balaban J connectivity index is 1.38. The molecular formula is C27H34F6N6O2. The Hall–Kier alpha value is -3.13. The molecule has 1 aromatic heterocycles. The Labute approximate surface area is 234 Å². The number of amides is 1. The molecule has 1 N–H and O–H groups in total. The molecule has 1 amide bonds. The van der Waals surface area contributed by atoms with Gasteiger partial charge in [-0.2, -0.15) is 26.3 Å². The number of rotatable bonds is 9. The molecule has 226 valence electrons. The van der Waals surface area contributed by atoms with Gasteiger partial charge in [0.05, 0.1) is 18.1 Å². The molecule has 4 rings (SSSR count). The number of methoxy groups -OCH3 is 1. The second-order valence-corrected chi connectivity index (χ2v) is 10.2. The first-order valence-electron chi connectivity index (χ1n) is 13.6. The average Bonchev–Trinajstić information content (AvgIpc) is 2.95. The lowest BCUT2D eigenvalue weighted by atomic mass is 9.97. The molecule has 0 unspecified atom stereocenters. The number of carbonyl (C=O) groups is 1. The molecule has 14 heteroatoms. The first kappa shape index (κ1) is 30.8. The summed E-state index contributed by atoms with van der Waals surface area (Å²) in [7, 11) is 1.62. The summed E-state index contributed by atoms with van der Waals surface area (Å²) in [6, 6.07) is 6.32. The number of anilines is 2. The third kappa shape index (κ3) is 8.44. The fourth-order valence-electron chi connectivity index (χ4n) is 5.03. The van der Waals surface area contributed by atoms with Crippen LogP contribution in [0.4, 0.5) is 38.0 Å². The SMILES string of the molecule is COCCN1CCN(c2cc(N3CCC[C@@H](C(=O)NCCc4ccc(C(F)(F)F)cc4)C3)nc(C(F)(F)F)n2)CC1. The third-order valence-corrected chi connectivity index (χ3v) is 7.37. The van der Waals surface area contributed by atoms with Gasteiger partial charge < -0.3 is 19.9 Å². The summed E-state index contributed by atoms with van der Waals surface area (Å²) < 4.78 is 84.6. The average molecular weight is 589 g/mol. The Morgan fingerprint density at radius 3 is 2.22 bits per heavy atom. The third-order valence-electron chi connectivity index (χ3n) is 7.37. The van der Waals surface area contributed by atoms with Gasteiger partial charge >= 0.3 is 12.4 Å². The second kappa shape index (κ2) is 13.2. The van der Waals surface area contributed by atoms with E-state index in [2.05, 4.69) is 20.2 Å². The molecule has 1 atom stereocenters. The molecule has 2 aromatic rings. The van der Waals surface area contributed by atoms with Crippen molar-refractivity contribution in [2.75, 3.05) is 75.9 Å². The monoisotopic (exact) mass is 588 g/mol. The lowest BCUT2D eigenvalue weighted by molar-refractivity contribution is -0.145. The van der Waals surface area contributed by atoms with Crippen LogP contribution in [0, 0.1) is 5.92 Å². The van der Waals surface area contributed by atoms with Crippen LogP contribution in [0.25, 0.3) is 0 Å². The minimum atomic E-state index is -4.73. The zero-order chi connectivity index (χ0) is 29.6. The van der Waals surface area contributed by atoms with Gasteiger partial charge in [-0.25, -0.2) is 9.97 Å². The molecule has 0 bridgehead atoms. The van der Waals surface area contributed by atoms with E-state index in [1.54, 1.807) is 18.1 Å². The smallest absolute Gasteiger partial charge is 0.383 e. The molecule has 8 nitrogen and oxygen atoms in total. The van der Waals surface area contributed by atoms with Crippen molar-refractivity contribution in [3.63, 3.8) is 0 Å². The summed E-state index contributed by atoms with van der Waals surface area (Å²) in [5.74, 6) is -1.59. The lowest BCUT2D eigenvalue weighted by Gasteiger charge is -2.36. The van der Waals surface area contributed by atoms with Crippen LogP contribution >= 0.6 is 0 Å². The van der Waals surface area contributed by atoms with E-state index in [1.165, 1.54) is 12.1 Å². The van der Waals surface area contributed by atoms with Crippen LogP contribution in [0.2, 0.25) is 0 Å². The van der Waals surface area contributed by atoms with Crippen LogP contribution in [-0.2, 0) is 28.3 Å². The highest BCUT2D eigenvalue weighted by molar-refractivity contribution is 5.79. The topological polar surface area (TPSA) is 73.8 Å². The Bertz CT molecular complexity index is 1150. The maximum Gasteiger partial charge on any atom is 0.451 e. The van der Waals surface area contributed by atoms with Gasteiger partial charge in [-0.3, -0.25) is 9.69 Å². The summed E-state index contributed by atoms with van der Waals surface area (Å²) in [4.78, 5) is 26.2. The highest BCUT2D eigenvalue weighted by Gasteiger charge is 2.37. The molecular weight excluding hydrogens is 554 g/mol. The Morgan fingerprint density at radius 1 is 0.951 bits per heavy atom. The minimum Gasteiger partial charge on any atom is -0.383 e. The summed E-state index contributed by atoms with van der Waals surface area (Å²) in [6.45, 7) is 4.57. The van der Waals surface area contributed by atoms with Crippen molar-refractivity contribution in [1.29, 1.82) is 0 Å². The van der Waals surface area contributed by atoms with Crippen molar-refractivity contribution in [3.05, 3.63) is 47.3 Å². The lowest BCUT2D eigenvalue weighted by Crippen LogP contribution is -2.48. The van der Waals surface area contributed by atoms with Gasteiger partial charge in [0.1, 0.15) is 11.6 Å². The molecule has 2 fully saturated rings. The number of piperazine rings is 1. The van der Waals surface area contributed by atoms with E-state index in [4.69, 9.17) is 4.74 Å². The summed E-state index contributed by atoms with van der Waals surface area (Å²) >= 11 is 0. The number of halogens is 6. The van der Waals surface area contributed by atoms with Crippen molar-refractivity contribution < 1.29 is 35.9 Å². The number of nitrogens with one attached hydrogen (secondary N) is 1. The number of alkyl halides is 6. The van der Waals surface area contributed by atoms with Gasteiger partial charge in [-0.05, 0) is 37.0 Å². The molecule has 41 heavy (non-hydrogen) atoms. The van der Waals surface area contributed by atoms with Crippen LogP contribution in [-0.4, -0.2) is 86.8 Å². The normalized spacial score (nSPS) is 19.0. The van der Waals surface area contributed by atoms with Crippen LogP contribution in [0.15, 0.2) is 30.3 Å². The predicted octanol–water partition coefficient (Wildman–Crippen LogP) is 3.86. The Kier molecular flexibility index (Phi) is 9.95. The fourth-order valence-corrected chi connectivity index (χ4v) is 5.03. The highest BCUT2D eigenvalue weighted by atomic mass is 19.4. The molecule has 1 aromatic carbocycles. The highest BCUT2D eigenvalue weighted by Crippen LogP contribution is 2.32. The van der Waals surface area contributed by atoms with Gasteiger partial charge in [0.15, 0.2) is 0 Å². The number of aromatic nitrogens is 2. The number of nitrogens with zero attached hydrogens (tertiary/aromatic N) is 5. The van der Waals surface area contributed by atoms with Crippen molar-refractivity contribution >= 4 is 17.5 Å². The number of hydrogen-bond donors (Lipinski definition) is 1. The summed E-state index contributed by atoms with van der Waals surface area (Å²) in [6.07, 6.45) is -7.63. The standard InChI is InChI=1S/C27H34F6N6O2/c1-41-16-15-37-11-13-38(14-12-37)22-17-23(36-25(35-22)27(31,32)33)39-10-2-3-20(18-39)24(40)34-9-8-19-4-6-21(7-5-19)26(28,29)30/h4-7,17,20H,2-3,8-16,18H2,1H3,(H,34,40)/t20-/m1/s1. The van der Waals surface area contributed by atoms with E-state index in [0.29, 0.717) is 64.2 Å². The second-order valence-electron chi connectivity index (χ2n) is 10.2. The number of benzene rings is 1. The van der Waals surface area contributed by atoms with Crippen LogP contribution in [0.3, 0.4) is 0 Å². The van der Waals surface area contributed by atoms with Gasteiger partial charge in [0.25, 0.3) is 0 Å². The molecule has 0 aliphatic carbocycles. The van der Waals surface area contributed by atoms with Gasteiger partial charge in [0.2, 0.25) is 11.7 Å². The maximum atomic E-state index is 13.7. The van der Waals surface area contributed by atoms with Gasteiger partial charge in [-0.15, -0.1) is 0 Å². The largest absolute Gasteiger partial charge is 0.451 e. The summed E-state index contributed by atoms with van der Waals surface area (Å²) in [5.41, 5.74) is -0.0882. The van der Waals surface area contributed by atoms with E-state index >= 15 is 0 Å². The van der Waals surface area contributed by atoms with Crippen LogP contribution in [0.5, 0.6) is 0 Å². The van der Waals surface area contributed by atoms with Crippen molar-refractivity contribution in [1.82, 2.24) is 20.2 Å². The minimum absolute atomic E-state index is 0.131. The molecule has 0 spiro atoms. The number of piperidine rings is 1. The summed E-state index contributed by atoms with van der Waals surface area (Å²) in [5, 5.41) is 2.81. The zero-order valence-electron chi connectivity index (χ0n) is 22.8. The van der Waals surface area contributed by atoms with Gasteiger partial charge in [0, 0.05) is 65.5 Å². The first-order valence-corrected chi connectivity index (χ1v) is 13.6. The maximum absolute atomic E-state index is 13.7. The van der Waals surface area contributed by atoms with Gasteiger partial charge in [-0.1, -0.05) is 12.1 Å². The molecule has 2 aliphatic rings. The molecule has 0 saturated carbocycles. The predicted molar refractivity (Wildman–Crippen MR) is 141 cm³/mol. The van der Waals surface area contributed by atoms with E-state index < -0.39 is 29.7 Å². The van der Waals surface area contributed by atoms with Crippen molar-refractivity contribution in [2.45, 2.75) is 31.6 Å². The van der Waals surface area contributed by atoms with Crippen LogP contribution in [0.1, 0.15) is 29.8 Å². The number of hydrogen-bond acceptors (Lipinski definition) is 7. The Morgan fingerprint density at radius 2 is 1.61 bits per heavy atom. The zero-order valence-corrected chi connectivity index (χ0v) is 22.8. The van der Waals surface area contributed by atoms with Crippen molar-refractivity contribution in [2.24, 2.45) is 5.92 Å². The molecule has 0 radical (unpaired) electrons. The molecule has 3 heterocycles. The number of ether oxygens (including phenoxy) is 1. The number of carbonyl (C=O) groups excluding carboxylic acids is 1. The van der Waals surface area contributed by atoms with E-state index in [1.807, 2.05) is 4.90 Å². The van der Waals surface area contributed by atoms with E-state index in [0.717, 1.165) is 18.7 Å². The quantitative estimate of drug-likeness (QED) is 0.446. The molecule has 2 aliphatic heterocycles. The van der Waals surface area contributed by atoms with E-state index in [-0.39, 0.29) is 30.6 Å². The van der Waals surface area contributed by atoms with Crippen molar-refractivity contribution in [3.8, 4) is 0 Å². The fraction of sp³-hybridized carbons (Fsp3) is 0.593.